The Morgan fingerprint density at radius 2 is 1.85 bits per heavy atom. The van der Waals surface area contributed by atoms with E-state index in [1.807, 2.05) is 4.90 Å². The maximum absolute atomic E-state index is 12.7. The van der Waals surface area contributed by atoms with Crippen molar-refractivity contribution in [3.05, 3.63) is 0 Å². The number of nitrogens with zero attached hydrogens (tertiary/aromatic N) is 2. The van der Waals surface area contributed by atoms with E-state index in [4.69, 9.17) is 10.5 Å². The van der Waals surface area contributed by atoms with Crippen molar-refractivity contribution in [2.75, 3.05) is 33.4 Å². The van der Waals surface area contributed by atoms with Crippen molar-refractivity contribution >= 4 is 18.3 Å². The van der Waals surface area contributed by atoms with Crippen molar-refractivity contribution in [2.45, 2.75) is 49.7 Å². The maximum Gasteiger partial charge on any atom is 0.242 e. The van der Waals surface area contributed by atoms with Crippen LogP contribution >= 0.6 is 12.4 Å². The van der Waals surface area contributed by atoms with Crippen LogP contribution in [0.1, 0.15) is 32.1 Å². The van der Waals surface area contributed by atoms with E-state index in [2.05, 4.69) is 11.9 Å². The van der Waals surface area contributed by atoms with E-state index in [1.165, 1.54) is 12.8 Å². The molecule has 0 aromatic rings. The molecule has 6 heteroatoms. The van der Waals surface area contributed by atoms with Gasteiger partial charge in [-0.2, -0.15) is 0 Å². The SMILES string of the molecule is CN1C2CCC1CN(C(=O)C1(N)CCOCC1)CC2.Cl. The summed E-state index contributed by atoms with van der Waals surface area (Å²) in [5.74, 6) is 0.150. The second kappa shape index (κ2) is 6.18. The first kappa shape index (κ1) is 16.0. The summed E-state index contributed by atoms with van der Waals surface area (Å²) in [6.45, 7) is 2.94. The maximum atomic E-state index is 12.7. The molecule has 2 N–H and O–H groups in total. The lowest BCUT2D eigenvalue weighted by molar-refractivity contribution is -0.140. The third kappa shape index (κ3) is 2.82. The van der Waals surface area contributed by atoms with Crippen molar-refractivity contribution in [1.29, 1.82) is 0 Å². The summed E-state index contributed by atoms with van der Waals surface area (Å²) >= 11 is 0. The molecule has 3 saturated heterocycles. The molecule has 1 amide bonds. The highest BCUT2D eigenvalue weighted by Gasteiger charge is 2.42. The number of rotatable bonds is 1. The van der Waals surface area contributed by atoms with Gasteiger partial charge < -0.3 is 15.4 Å². The zero-order chi connectivity index (χ0) is 13.5. The van der Waals surface area contributed by atoms with Gasteiger partial charge in [-0.25, -0.2) is 0 Å². The van der Waals surface area contributed by atoms with Gasteiger partial charge in [0.15, 0.2) is 0 Å². The lowest BCUT2D eigenvalue weighted by Crippen LogP contribution is -2.59. The molecule has 0 aromatic heterocycles. The minimum absolute atomic E-state index is 0. The van der Waals surface area contributed by atoms with Crippen LogP contribution in [0.2, 0.25) is 0 Å². The number of likely N-dealkylation sites (tertiary alicyclic amines) is 1. The Labute approximate surface area is 127 Å². The zero-order valence-electron chi connectivity index (χ0n) is 12.2. The summed E-state index contributed by atoms with van der Waals surface area (Å²) in [7, 11) is 2.20. The molecule has 3 fully saturated rings. The molecule has 0 saturated carbocycles. The van der Waals surface area contributed by atoms with Gasteiger partial charge in [-0.1, -0.05) is 0 Å². The third-order valence-corrected chi connectivity index (χ3v) is 5.25. The van der Waals surface area contributed by atoms with Gasteiger partial charge >= 0.3 is 0 Å². The number of amides is 1. The molecule has 3 aliphatic heterocycles. The molecule has 2 bridgehead atoms. The molecule has 3 aliphatic rings. The fraction of sp³-hybridized carbons (Fsp3) is 0.929. The van der Waals surface area contributed by atoms with Crippen molar-refractivity contribution in [2.24, 2.45) is 5.73 Å². The fourth-order valence-electron chi connectivity index (χ4n) is 3.76. The number of halogens is 1. The molecule has 0 aliphatic carbocycles. The van der Waals surface area contributed by atoms with Crippen LogP contribution in [-0.2, 0) is 9.53 Å². The van der Waals surface area contributed by atoms with Gasteiger partial charge in [0, 0.05) is 38.4 Å². The first-order valence-electron chi connectivity index (χ1n) is 7.48. The Bertz CT molecular complexity index is 360. The molecule has 2 atom stereocenters. The molecule has 0 aromatic carbocycles. The van der Waals surface area contributed by atoms with Crippen LogP contribution in [0.25, 0.3) is 0 Å². The number of carbonyl (C=O) groups is 1. The van der Waals surface area contributed by atoms with Gasteiger partial charge in [0.2, 0.25) is 5.91 Å². The van der Waals surface area contributed by atoms with E-state index in [0.29, 0.717) is 38.1 Å². The second-order valence-corrected chi connectivity index (χ2v) is 6.36. The Morgan fingerprint density at radius 1 is 1.20 bits per heavy atom. The first-order chi connectivity index (χ1) is 9.10. The molecular formula is C14H26ClN3O2. The largest absolute Gasteiger partial charge is 0.381 e. The zero-order valence-corrected chi connectivity index (χ0v) is 13.0. The summed E-state index contributed by atoms with van der Waals surface area (Å²) in [6, 6.07) is 1.19. The van der Waals surface area contributed by atoms with Crippen molar-refractivity contribution in [3.63, 3.8) is 0 Å². The first-order valence-corrected chi connectivity index (χ1v) is 7.48. The summed E-state index contributed by atoms with van der Waals surface area (Å²) < 4.78 is 5.33. The van der Waals surface area contributed by atoms with Crippen molar-refractivity contribution in [3.8, 4) is 0 Å². The number of likely N-dealkylation sites (N-methyl/N-ethyl adjacent to an activating group) is 1. The van der Waals surface area contributed by atoms with Gasteiger partial charge in [-0.3, -0.25) is 9.69 Å². The minimum Gasteiger partial charge on any atom is -0.381 e. The summed E-state index contributed by atoms with van der Waals surface area (Å²) in [5.41, 5.74) is 5.65. The third-order valence-electron chi connectivity index (χ3n) is 5.25. The normalized spacial score (nSPS) is 33.4. The molecule has 2 unspecified atom stereocenters. The van der Waals surface area contributed by atoms with Crippen LogP contribution in [0.3, 0.4) is 0 Å². The number of ether oxygens (including phenoxy) is 1. The van der Waals surface area contributed by atoms with Crippen LogP contribution in [0, 0.1) is 0 Å². The predicted octanol–water partition coefficient (Wildman–Crippen LogP) is 0.611. The number of fused-ring (bicyclic) bond motifs is 2. The van der Waals surface area contributed by atoms with Crippen LogP contribution in [0.15, 0.2) is 0 Å². The highest BCUT2D eigenvalue weighted by atomic mass is 35.5. The van der Waals surface area contributed by atoms with Crippen LogP contribution in [-0.4, -0.2) is 66.7 Å². The number of hydrogen-bond acceptors (Lipinski definition) is 4. The highest BCUT2D eigenvalue weighted by Crippen LogP contribution is 2.30. The molecule has 3 rings (SSSR count). The molecule has 5 nitrogen and oxygen atoms in total. The molecule has 116 valence electrons. The Balaban J connectivity index is 0.00000147. The van der Waals surface area contributed by atoms with Crippen molar-refractivity contribution in [1.82, 2.24) is 9.80 Å². The average Bonchev–Trinajstić information content (AvgIpc) is 2.63. The monoisotopic (exact) mass is 303 g/mol. The predicted molar refractivity (Wildman–Crippen MR) is 80.0 cm³/mol. The van der Waals surface area contributed by atoms with Crippen LogP contribution in [0.5, 0.6) is 0 Å². The van der Waals surface area contributed by atoms with E-state index in [-0.39, 0.29) is 18.3 Å². The van der Waals surface area contributed by atoms with Gasteiger partial charge in [-0.05, 0) is 39.2 Å². The Kier molecular flexibility index (Phi) is 4.95. The summed E-state index contributed by atoms with van der Waals surface area (Å²) in [5, 5.41) is 0. The smallest absolute Gasteiger partial charge is 0.242 e. The molecule has 3 heterocycles. The average molecular weight is 304 g/mol. The lowest BCUT2D eigenvalue weighted by Gasteiger charge is -2.37. The quantitative estimate of drug-likeness (QED) is 0.771. The summed E-state index contributed by atoms with van der Waals surface area (Å²) in [4.78, 5) is 17.2. The number of hydrogen-bond donors (Lipinski definition) is 1. The van der Waals surface area contributed by atoms with Gasteiger partial charge in [0.05, 0.1) is 5.54 Å². The molecule has 0 spiro atoms. The molecule has 0 radical (unpaired) electrons. The number of carbonyl (C=O) groups excluding carboxylic acids is 1. The van der Waals surface area contributed by atoms with E-state index in [9.17, 15) is 4.79 Å². The minimum atomic E-state index is -0.680. The second-order valence-electron chi connectivity index (χ2n) is 6.36. The van der Waals surface area contributed by atoms with Crippen LogP contribution in [0.4, 0.5) is 0 Å². The topological polar surface area (TPSA) is 58.8 Å². The van der Waals surface area contributed by atoms with Crippen molar-refractivity contribution < 1.29 is 9.53 Å². The Hall–Kier alpha value is -0.360. The van der Waals surface area contributed by atoms with Gasteiger partial charge in [0.25, 0.3) is 0 Å². The molecular weight excluding hydrogens is 278 g/mol. The highest BCUT2D eigenvalue weighted by molar-refractivity contribution is 5.86. The lowest BCUT2D eigenvalue weighted by atomic mass is 9.89. The van der Waals surface area contributed by atoms with E-state index < -0.39 is 5.54 Å². The van der Waals surface area contributed by atoms with Gasteiger partial charge in [0.1, 0.15) is 0 Å². The van der Waals surface area contributed by atoms with E-state index in [1.54, 1.807) is 0 Å². The van der Waals surface area contributed by atoms with Gasteiger partial charge in [-0.15, -0.1) is 12.4 Å². The van der Waals surface area contributed by atoms with E-state index in [0.717, 1.165) is 19.5 Å². The Morgan fingerprint density at radius 3 is 2.55 bits per heavy atom. The summed E-state index contributed by atoms with van der Waals surface area (Å²) in [6.07, 6.45) is 4.90. The standard InChI is InChI=1S/C14H25N3O2.ClH/c1-16-11-2-3-12(16)10-17(7-4-11)13(18)14(15)5-8-19-9-6-14;/h11-12H,2-10,15H2,1H3;1H. The van der Waals surface area contributed by atoms with E-state index >= 15 is 0 Å². The molecule has 20 heavy (non-hydrogen) atoms. The van der Waals surface area contributed by atoms with Crippen LogP contribution < -0.4 is 5.73 Å². The fourth-order valence-corrected chi connectivity index (χ4v) is 3.76. The number of nitrogens with two attached hydrogens (primary N) is 1.